The lowest BCUT2D eigenvalue weighted by Crippen LogP contribution is -2.37. The van der Waals surface area contributed by atoms with E-state index in [2.05, 4.69) is 4.98 Å². The highest BCUT2D eigenvalue weighted by Crippen LogP contribution is 2.35. The highest BCUT2D eigenvalue weighted by molar-refractivity contribution is 6.22. The summed E-state index contributed by atoms with van der Waals surface area (Å²) in [5, 5.41) is -2.60. The quantitative estimate of drug-likeness (QED) is 0.505. The molecular formula is C11H10ClF2N3. The van der Waals surface area contributed by atoms with Crippen LogP contribution in [0.1, 0.15) is 11.6 Å². The van der Waals surface area contributed by atoms with Crippen molar-refractivity contribution < 1.29 is 8.78 Å². The van der Waals surface area contributed by atoms with Crippen molar-refractivity contribution in [3.05, 3.63) is 42.1 Å². The summed E-state index contributed by atoms with van der Waals surface area (Å²) in [6, 6.07) is 6.95. The third kappa shape index (κ3) is 2.52. The third-order valence-corrected chi connectivity index (χ3v) is 2.68. The van der Waals surface area contributed by atoms with Crippen molar-refractivity contribution in [2.75, 3.05) is 0 Å². The van der Waals surface area contributed by atoms with Crippen molar-refractivity contribution in [1.82, 2.24) is 10.4 Å². The average Bonchev–Trinajstić information content (AvgIpc) is 2.28. The molecule has 1 atom stereocenters. The van der Waals surface area contributed by atoms with Crippen molar-refractivity contribution in [3.63, 3.8) is 0 Å². The Morgan fingerprint density at radius 1 is 1.35 bits per heavy atom. The number of nitrogens with two attached hydrogens (primary N) is 1. The van der Waals surface area contributed by atoms with Gasteiger partial charge in [-0.2, -0.15) is 8.78 Å². The van der Waals surface area contributed by atoms with Gasteiger partial charge in [0, 0.05) is 11.6 Å². The molecular weight excluding hydrogens is 248 g/mol. The highest BCUT2D eigenvalue weighted by Gasteiger charge is 2.37. The molecule has 0 saturated carbocycles. The molecule has 1 aromatic carbocycles. The van der Waals surface area contributed by atoms with E-state index >= 15 is 0 Å². The molecule has 2 aromatic rings. The number of pyridine rings is 1. The van der Waals surface area contributed by atoms with Gasteiger partial charge in [-0.15, -0.1) is 0 Å². The summed E-state index contributed by atoms with van der Waals surface area (Å²) < 4.78 is 26.2. The maximum absolute atomic E-state index is 13.1. The van der Waals surface area contributed by atoms with E-state index in [1.165, 1.54) is 6.07 Å². The number of alkyl halides is 3. The molecule has 90 valence electrons. The van der Waals surface area contributed by atoms with Crippen LogP contribution in [0, 0.1) is 0 Å². The highest BCUT2D eigenvalue weighted by atomic mass is 35.5. The zero-order chi connectivity index (χ0) is 12.5. The van der Waals surface area contributed by atoms with Crippen LogP contribution in [-0.2, 0) is 0 Å². The van der Waals surface area contributed by atoms with Gasteiger partial charge in [-0.25, -0.2) is 5.43 Å². The molecule has 0 amide bonds. The normalized spacial score (nSPS) is 13.9. The summed E-state index contributed by atoms with van der Waals surface area (Å²) >= 11 is 4.99. The SMILES string of the molecule is NNC(c1ccc2cccnc2c1)C(F)(F)Cl. The van der Waals surface area contributed by atoms with E-state index in [9.17, 15) is 8.78 Å². The van der Waals surface area contributed by atoms with Crippen molar-refractivity contribution in [3.8, 4) is 0 Å². The number of rotatable bonds is 3. The first kappa shape index (κ1) is 12.2. The predicted octanol–water partition coefficient (Wildman–Crippen LogP) is 2.57. The summed E-state index contributed by atoms with van der Waals surface area (Å²) in [7, 11) is 0. The van der Waals surface area contributed by atoms with E-state index < -0.39 is 11.4 Å². The number of fused-ring (bicyclic) bond motifs is 1. The second-order valence-electron chi connectivity index (χ2n) is 3.60. The number of halogens is 3. The largest absolute Gasteiger partial charge is 0.342 e. The molecule has 2 rings (SSSR count). The minimum atomic E-state index is -3.46. The molecule has 0 aliphatic rings. The zero-order valence-electron chi connectivity index (χ0n) is 8.70. The van der Waals surface area contributed by atoms with Gasteiger partial charge in [-0.1, -0.05) is 18.2 Å². The lowest BCUT2D eigenvalue weighted by molar-refractivity contribution is 0.0498. The van der Waals surface area contributed by atoms with Crippen LogP contribution >= 0.6 is 11.6 Å². The smallest absolute Gasteiger partial charge is 0.271 e. The van der Waals surface area contributed by atoms with Crippen LogP contribution in [0.5, 0.6) is 0 Å². The molecule has 0 spiro atoms. The van der Waals surface area contributed by atoms with Crippen LogP contribution in [-0.4, -0.2) is 10.4 Å². The molecule has 1 heterocycles. The van der Waals surface area contributed by atoms with Gasteiger partial charge in [-0.05, 0) is 29.3 Å². The first-order valence-electron chi connectivity index (χ1n) is 4.90. The molecule has 3 N–H and O–H groups in total. The van der Waals surface area contributed by atoms with Gasteiger partial charge in [0.15, 0.2) is 0 Å². The predicted molar refractivity (Wildman–Crippen MR) is 62.6 cm³/mol. The number of nitrogens with one attached hydrogen (secondary N) is 1. The monoisotopic (exact) mass is 257 g/mol. The fourth-order valence-corrected chi connectivity index (χ4v) is 1.83. The van der Waals surface area contributed by atoms with Crippen molar-refractivity contribution in [2.45, 2.75) is 11.4 Å². The zero-order valence-corrected chi connectivity index (χ0v) is 9.46. The second-order valence-corrected chi connectivity index (χ2v) is 4.10. The Labute approximate surface area is 102 Å². The molecule has 0 fully saturated rings. The van der Waals surface area contributed by atoms with Crippen molar-refractivity contribution in [1.29, 1.82) is 0 Å². The van der Waals surface area contributed by atoms with Crippen LogP contribution < -0.4 is 11.3 Å². The summed E-state index contributed by atoms with van der Waals surface area (Å²) in [4.78, 5) is 4.08. The first-order chi connectivity index (χ1) is 8.02. The molecule has 0 aliphatic carbocycles. The molecule has 6 heteroatoms. The lowest BCUT2D eigenvalue weighted by Gasteiger charge is -2.21. The van der Waals surface area contributed by atoms with E-state index in [4.69, 9.17) is 17.4 Å². The van der Waals surface area contributed by atoms with Crippen molar-refractivity contribution >= 4 is 22.5 Å². The first-order valence-corrected chi connectivity index (χ1v) is 5.27. The molecule has 0 radical (unpaired) electrons. The minimum absolute atomic E-state index is 0.290. The minimum Gasteiger partial charge on any atom is -0.271 e. The van der Waals surface area contributed by atoms with Crippen LogP contribution in [0.4, 0.5) is 8.78 Å². The number of aromatic nitrogens is 1. The fraction of sp³-hybridized carbons (Fsp3) is 0.182. The Morgan fingerprint density at radius 2 is 2.12 bits per heavy atom. The Kier molecular flexibility index (Phi) is 3.24. The van der Waals surface area contributed by atoms with Gasteiger partial charge in [0.2, 0.25) is 0 Å². The Bertz CT molecular complexity index is 527. The maximum Gasteiger partial charge on any atom is 0.342 e. The van der Waals surface area contributed by atoms with Gasteiger partial charge in [0.05, 0.1) is 5.52 Å². The second kappa shape index (κ2) is 4.52. The molecule has 17 heavy (non-hydrogen) atoms. The summed E-state index contributed by atoms with van der Waals surface area (Å²) in [5.41, 5.74) is 2.92. The molecule has 0 aliphatic heterocycles. The van der Waals surface area contributed by atoms with Crippen LogP contribution in [0.25, 0.3) is 10.9 Å². The maximum atomic E-state index is 13.1. The Hall–Kier alpha value is -1.30. The molecule has 0 saturated heterocycles. The number of hydrazine groups is 1. The summed E-state index contributed by atoms with van der Waals surface area (Å²) in [6.07, 6.45) is 1.59. The van der Waals surface area contributed by atoms with Gasteiger partial charge in [0.1, 0.15) is 6.04 Å². The summed E-state index contributed by atoms with van der Waals surface area (Å²) in [6.45, 7) is 0. The Balaban J connectivity index is 2.48. The number of nitrogens with zero attached hydrogens (tertiary/aromatic N) is 1. The molecule has 1 unspecified atom stereocenters. The van der Waals surface area contributed by atoms with E-state index in [-0.39, 0.29) is 0 Å². The topological polar surface area (TPSA) is 50.9 Å². The average molecular weight is 258 g/mol. The number of hydrogen-bond donors (Lipinski definition) is 2. The van der Waals surface area contributed by atoms with Crippen molar-refractivity contribution in [2.24, 2.45) is 5.84 Å². The number of benzene rings is 1. The van der Waals surface area contributed by atoms with Gasteiger partial charge in [0.25, 0.3) is 0 Å². The van der Waals surface area contributed by atoms with Gasteiger partial charge < -0.3 is 0 Å². The fourth-order valence-electron chi connectivity index (χ4n) is 1.64. The standard InChI is InChI=1S/C11H10ClF2N3/c12-11(13,14)10(17-15)8-4-3-7-2-1-5-16-9(7)6-8/h1-6,10,17H,15H2. The van der Waals surface area contributed by atoms with Crippen LogP contribution in [0.3, 0.4) is 0 Å². The van der Waals surface area contributed by atoms with E-state index in [0.29, 0.717) is 11.1 Å². The Morgan fingerprint density at radius 3 is 2.76 bits per heavy atom. The lowest BCUT2D eigenvalue weighted by atomic mass is 10.1. The van der Waals surface area contributed by atoms with Gasteiger partial charge >= 0.3 is 5.38 Å². The molecule has 1 aromatic heterocycles. The summed E-state index contributed by atoms with van der Waals surface area (Å²) in [5.74, 6) is 5.10. The van der Waals surface area contributed by atoms with Gasteiger partial charge in [-0.3, -0.25) is 10.8 Å². The van der Waals surface area contributed by atoms with Crippen LogP contribution in [0.2, 0.25) is 0 Å². The molecule has 3 nitrogen and oxygen atoms in total. The van der Waals surface area contributed by atoms with E-state index in [0.717, 1.165) is 5.39 Å². The van der Waals surface area contributed by atoms with Crippen LogP contribution in [0.15, 0.2) is 36.5 Å². The molecule has 0 bridgehead atoms. The van der Waals surface area contributed by atoms with E-state index in [1.807, 2.05) is 11.5 Å². The third-order valence-electron chi connectivity index (χ3n) is 2.46. The van der Waals surface area contributed by atoms with E-state index in [1.54, 1.807) is 24.4 Å². The number of hydrogen-bond acceptors (Lipinski definition) is 3.